The molecule has 158 valence electrons. The second-order valence-corrected chi connectivity index (χ2v) is 6.97. The average molecular weight is 420 g/mol. The number of hydrogen-bond donors (Lipinski definition) is 1. The van der Waals surface area contributed by atoms with Crippen LogP contribution in [-0.2, 0) is 19.8 Å². The molecule has 1 aliphatic rings. The van der Waals surface area contributed by atoms with E-state index in [4.69, 9.17) is 4.74 Å². The summed E-state index contributed by atoms with van der Waals surface area (Å²) in [4.78, 5) is 16.7. The first-order chi connectivity index (χ1) is 14.3. The van der Waals surface area contributed by atoms with Crippen LogP contribution < -0.4 is 10.1 Å². The number of nitrogens with one attached hydrogen (secondary N) is 1. The summed E-state index contributed by atoms with van der Waals surface area (Å²) in [6, 6.07) is 5.81. The molecule has 1 amide bonds. The minimum Gasteiger partial charge on any atom is -0.481 e. The fourth-order valence-corrected chi connectivity index (χ4v) is 3.50. The molecule has 0 saturated heterocycles. The zero-order valence-electron chi connectivity index (χ0n) is 16.3. The highest BCUT2D eigenvalue weighted by Crippen LogP contribution is 2.31. The van der Waals surface area contributed by atoms with Gasteiger partial charge >= 0.3 is 6.18 Å². The van der Waals surface area contributed by atoms with E-state index < -0.39 is 17.8 Å². The van der Waals surface area contributed by atoms with E-state index >= 15 is 0 Å². The van der Waals surface area contributed by atoms with Crippen molar-refractivity contribution in [3.63, 3.8) is 0 Å². The maximum absolute atomic E-state index is 12.9. The smallest absolute Gasteiger partial charge is 0.435 e. The molecule has 1 aliphatic heterocycles. The number of pyridine rings is 1. The number of hydrogen-bond acceptors (Lipinski definition) is 5. The lowest BCUT2D eigenvalue weighted by Gasteiger charge is -2.24. The predicted molar refractivity (Wildman–Crippen MR) is 99.7 cm³/mol. The zero-order chi connectivity index (χ0) is 21.5. The van der Waals surface area contributed by atoms with Crippen molar-refractivity contribution in [1.82, 2.24) is 29.9 Å². The molecule has 0 spiro atoms. The summed E-state index contributed by atoms with van der Waals surface area (Å²) in [5.74, 6) is -0.160. The summed E-state index contributed by atoms with van der Waals surface area (Å²) in [6.45, 7) is 0.688. The van der Waals surface area contributed by atoms with Gasteiger partial charge in [0.1, 0.15) is 5.69 Å². The average Bonchev–Trinajstić information content (AvgIpc) is 3.32. The predicted octanol–water partition coefficient (Wildman–Crippen LogP) is 2.97. The molecule has 0 aliphatic carbocycles. The van der Waals surface area contributed by atoms with Gasteiger partial charge in [0.25, 0.3) is 5.91 Å². The summed E-state index contributed by atoms with van der Waals surface area (Å²) in [5.41, 5.74) is 1.05. The second-order valence-electron chi connectivity index (χ2n) is 6.97. The molecule has 30 heavy (non-hydrogen) atoms. The Hall–Kier alpha value is -3.37. The van der Waals surface area contributed by atoms with Crippen molar-refractivity contribution in [2.45, 2.75) is 31.6 Å². The third-order valence-electron chi connectivity index (χ3n) is 4.98. The van der Waals surface area contributed by atoms with Gasteiger partial charge in [-0.25, -0.2) is 4.98 Å². The monoisotopic (exact) mass is 420 g/mol. The van der Waals surface area contributed by atoms with Gasteiger partial charge in [0.2, 0.25) is 5.88 Å². The fourth-order valence-electron chi connectivity index (χ4n) is 3.50. The normalized spacial score (nSPS) is 16.2. The van der Waals surface area contributed by atoms with E-state index in [9.17, 15) is 18.0 Å². The van der Waals surface area contributed by atoms with E-state index in [1.54, 1.807) is 23.0 Å². The topological polar surface area (TPSA) is 86.9 Å². The highest BCUT2D eigenvalue weighted by molar-refractivity contribution is 5.93. The van der Waals surface area contributed by atoms with Crippen LogP contribution in [0.5, 0.6) is 5.88 Å². The van der Waals surface area contributed by atoms with Gasteiger partial charge in [0, 0.05) is 37.5 Å². The van der Waals surface area contributed by atoms with Crippen LogP contribution in [0.4, 0.5) is 13.2 Å². The summed E-state index contributed by atoms with van der Waals surface area (Å²) < 4.78 is 46.5. The zero-order valence-corrected chi connectivity index (χ0v) is 16.3. The van der Waals surface area contributed by atoms with E-state index in [-0.39, 0.29) is 11.7 Å². The molecular weight excluding hydrogens is 401 g/mol. The van der Waals surface area contributed by atoms with E-state index in [2.05, 4.69) is 20.5 Å². The molecule has 8 nitrogen and oxygen atoms in total. The number of carbonyl (C=O) groups excluding carboxylic acids is 1. The molecule has 0 fully saturated rings. The third-order valence-corrected chi connectivity index (χ3v) is 4.98. The maximum atomic E-state index is 12.9. The number of halogens is 3. The Kier molecular flexibility index (Phi) is 4.96. The number of rotatable bonds is 4. The number of carbonyl (C=O) groups is 1. The molecule has 4 rings (SSSR count). The molecule has 4 heterocycles. The van der Waals surface area contributed by atoms with Crippen LogP contribution in [0.3, 0.4) is 0 Å². The van der Waals surface area contributed by atoms with E-state index in [0.29, 0.717) is 24.5 Å². The Balaban J connectivity index is 1.59. The molecular formula is C19H19F3N6O2. The van der Waals surface area contributed by atoms with Crippen LogP contribution in [0.25, 0.3) is 11.3 Å². The molecule has 3 aromatic heterocycles. The molecule has 1 N–H and O–H groups in total. The van der Waals surface area contributed by atoms with Crippen LogP contribution in [0.15, 0.2) is 30.5 Å². The SMILES string of the molecule is COc1cc(-c2cc3n(n2)CCC[C@H]3NC(=O)c2cc(C(F)(F)F)nn2C)ccn1. The number of aromatic nitrogens is 5. The number of alkyl halides is 3. The van der Waals surface area contributed by atoms with E-state index in [1.807, 2.05) is 6.07 Å². The Labute approximate surface area is 169 Å². The Morgan fingerprint density at radius 1 is 1.27 bits per heavy atom. The standard InChI is InChI=1S/C19H19F3N6O2/c1-27-15(10-16(26-27)19(20,21)22)18(29)24-12-4-3-7-28-14(12)9-13(25-28)11-5-6-23-17(8-11)30-2/h5-6,8-10,12H,3-4,7H2,1-2H3,(H,24,29)/t12-/m1/s1. The summed E-state index contributed by atoms with van der Waals surface area (Å²) in [7, 11) is 2.84. The minimum atomic E-state index is -4.61. The summed E-state index contributed by atoms with van der Waals surface area (Å²) >= 11 is 0. The molecule has 0 radical (unpaired) electrons. The Bertz CT molecular complexity index is 1090. The number of methoxy groups -OCH3 is 1. The molecule has 0 unspecified atom stereocenters. The highest BCUT2D eigenvalue weighted by atomic mass is 19.4. The van der Waals surface area contributed by atoms with Gasteiger partial charge in [-0.05, 0) is 25.0 Å². The van der Waals surface area contributed by atoms with E-state index in [0.717, 1.165) is 28.4 Å². The molecule has 11 heteroatoms. The maximum Gasteiger partial charge on any atom is 0.435 e. The number of amides is 1. The van der Waals surface area contributed by atoms with Crippen LogP contribution in [-0.4, -0.2) is 37.6 Å². The first kappa shape index (κ1) is 19.9. The van der Waals surface area contributed by atoms with Crippen LogP contribution in [0.2, 0.25) is 0 Å². The van der Waals surface area contributed by atoms with Gasteiger partial charge in [0.15, 0.2) is 5.69 Å². The van der Waals surface area contributed by atoms with Crippen molar-refractivity contribution in [2.24, 2.45) is 7.05 Å². The van der Waals surface area contributed by atoms with Crippen LogP contribution in [0.1, 0.15) is 40.8 Å². The number of aryl methyl sites for hydroxylation is 2. The van der Waals surface area contributed by atoms with Crippen LogP contribution in [0, 0.1) is 0 Å². The van der Waals surface area contributed by atoms with E-state index in [1.165, 1.54) is 14.2 Å². The van der Waals surface area contributed by atoms with Gasteiger partial charge < -0.3 is 10.1 Å². The molecule has 0 aromatic carbocycles. The van der Waals surface area contributed by atoms with Crippen molar-refractivity contribution in [3.05, 3.63) is 47.5 Å². The van der Waals surface area contributed by atoms with Crippen molar-refractivity contribution in [3.8, 4) is 17.1 Å². The van der Waals surface area contributed by atoms with Gasteiger partial charge in [-0.2, -0.15) is 23.4 Å². The second kappa shape index (κ2) is 7.47. The lowest BCUT2D eigenvalue weighted by atomic mass is 10.0. The van der Waals surface area contributed by atoms with Gasteiger partial charge in [-0.1, -0.05) is 0 Å². The fraction of sp³-hybridized carbons (Fsp3) is 0.368. The van der Waals surface area contributed by atoms with Crippen molar-refractivity contribution >= 4 is 5.91 Å². The van der Waals surface area contributed by atoms with Gasteiger partial charge in [0.05, 0.1) is 24.5 Å². The number of fused-ring (bicyclic) bond motifs is 1. The lowest BCUT2D eigenvalue weighted by Crippen LogP contribution is -2.33. The highest BCUT2D eigenvalue weighted by Gasteiger charge is 2.36. The molecule has 3 aromatic rings. The first-order valence-electron chi connectivity index (χ1n) is 9.26. The van der Waals surface area contributed by atoms with Crippen molar-refractivity contribution in [2.75, 3.05) is 7.11 Å². The Morgan fingerprint density at radius 3 is 2.77 bits per heavy atom. The largest absolute Gasteiger partial charge is 0.481 e. The first-order valence-corrected chi connectivity index (χ1v) is 9.26. The molecule has 0 bridgehead atoms. The van der Waals surface area contributed by atoms with Crippen molar-refractivity contribution < 1.29 is 22.7 Å². The number of nitrogens with zero attached hydrogens (tertiary/aromatic N) is 5. The Morgan fingerprint density at radius 2 is 2.07 bits per heavy atom. The van der Waals surface area contributed by atoms with Gasteiger partial charge in [-0.3, -0.25) is 14.2 Å². The third kappa shape index (κ3) is 3.74. The summed E-state index contributed by atoms with van der Waals surface area (Å²) in [6.07, 6.45) is -1.56. The van der Waals surface area contributed by atoms with Crippen LogP contribution >= 0.6 is 0 Å². The quantitative estimate of drug-likeness (QED) is 0.701. The minimum absolute atomic E-state index is 0.155. The van der Waals surface area contributed by atoms with Gasteiger partial charge in [-0.15, -0.1) is 0 Å². The lowest BCUT2D eigenvalue weighted by molar-refractivity contribution is -0.141. The summed E-state index contributed by atoms with van der Waals surface area (Å²) in [5, 5.41) is 10.8. The number of ether oxygens (including phenoxy) is 1. The molecule has 1 atom stereocenters. The van der Waals surface area contributed by atoms with Crippen molar-refractivity contribution in [1.29, 1.82) is 0 Å². The molecule has 0 saturated carbocycles.